The van der Waals surface area contributed by atoms with Gasteiger partial charge in [0.2, 0.25) is 0 Å². The molecule has 2 atom stereocenters. The number of hydrogen-bond acceptors (Lipinski definition) is 6. The number of carbonyl (C=O) groups excluding carboxylic acids is 1. The highest BCUT2D eigenvalue weighted by molar-refractivity contribution is 5.91. The van der Waals surface area contributed by atoms with Crippen molar-refractivity contribution in [3.8, 4) is 0 Å². The highest BCUT2D eigenvalue weighted by Crippen LogP contribution is 2.28. The van der Waals surface area contributed by atoms with E-state index in [0.29, 0.717) is 18.9 Å². The molecule has 0 unspecified atom stereocenters. The standard InChI is InChI=1S/C18H28N4O3/c23-16-12-22(11-14-4-2-1-3-5-14)9-6-18(16,25)13-21-17(24)15-10-19-7-8-20-15/h7-8,10,14,16,23,25H,1-6,9,11-13H2,(H,21,24)/t16-,18-/m1/s1. The lowest BCUT2D eigenvalue weighted by atomic mass is 9.85. The monoisotopic (exact) mass is 348 g/mol. The molecule has 2 heterocycles. The number of nitrogens with one attached hydrogen (secondary N) is 1. The number of carbonyl (C=O) groups is 1. The number of aliphatic hydroxyl groups excluding tert-OH is 1. The normalized spacial score (nSPS) is 28.6. The van der Waals surface area contributed by atoms with Crippen molar-refractivity contribution in [1.82, 2.24) is 20.2 Å². The van der Waals surface area contributed by atoms with Crippen molar-refractivity contribution in [2.75, 3.05) is 26.2 Å². The fraction of sp³-hybridized carbons (Fsp3) is 0.722. The Hall–Kier alpha value is -1.57. The highest BCUT2D eigenvalue weighted by Gasteiger charge is 2.41. The van der Waals surface area contributed by atoms with E-state index in [2.05, 4.69) is 20.2 Å². The first-order chi connectivity index (χ1) is 12.1. The molecule has 2 fully saturated rings. The van der Waals surface area contributed by atoms with Gasteiger partial charge in [0, 0.05) is 38.6 Å². The zero-order chi connectivity index (χ0) is 17.7. The van der Waals surface area contributed by atoms with Crippen LogP contribution in [0.15, 0.2) is 18.6 Å². The Balaban J connectivity index is 1.48. The summed E-state index contributed by atoms with van der Waals surface area (Å²) in [6.45, 7) is 2.21. The molecule has 1 saturated carbocycles. The van der Waals surface area contributed by atoms with E-state index in [4.69, 9.17) is 0 Å². The average molecular weight is 348 g/mol. The molecule has 0 spiro atoms. The summed E-state index contributed by atoms with van der Waals surface area (Å²) >= 11 is 0. The van der Waals surface area contributed by atoms with Gasteiger partial charge in [0.05, 0.1) is 12.3 Å². The van der Waals surface area contributed by atoms with Crippen LogP contribution in [0.25, 0.3) is 0 Å². The molecule has 1 aromatic rings. The number of piperidine rings is 1. The lowest BCUT2D eigenvalue weighted by Gasteiger charge is -2.43. The second-order valence-electron chi connectivity index (χ2n) is 7.41. The molecule has 0 aromatic carbocycles. The number of nitrogens with zero attached hydrogens (tertiary/aromatic N) is 3. The molecule has 3 N–H and O–H groups in total. The van der Waals surface area contributed by atoms with Crippen LogP contribution < -0.4 is 5.32 Å². The van der Waals surface area contributed by atoms with Gasteiger partial charge >= 0.3 is 0 Å². The van der Waals surface area contributed by atoms with Gasteiger partial charge in [0.25, 0.3) is 5.91 Å². The first-order valence-electron chi connectivity index (χ1n) is 9.24. The van der Waals surface area contributed by atoms with Crippen LogP contribution in [0.3, 0.4) is 0 Å². The van der Waals surface area contributed by atoms with E-state index in [1.807, 2.05) is 0 Å². The number of aliphatic hydroxyl groups is 2. The summed E-state index contributed by atoms with van der Waals surface area (Å²) in [5, 5.41) is 23.8. The Kier molecular flexibility index (Phi) is 5.98. The third kappa shape index (κ3) is 4.74. The van der Waals surface area contributed by atoms with Crippen LogP contribution in [-0.2, 0) is 0 Å². The van der Waals surface area contributed by atoms with Gasteiger partial charge in [-0.3, -0.25) is 9.78 Å². The minimum absolute atomic E-state index is 0.0147. The van der Waals surface area contributed by atoms with Gasteiger partial charge in [-0.15, -0.1) is 0 Å². The van der Waals surface area contributed by atoms with Gasteiger partial charge < -0.3 is 20.4 Å². The Morgan fingerprint density at radius 1 is 1.32 bits per heavy atom. The van der Waals surface area contributed by atoms with Crippen LogP contribution in [0.5, 0.6) is 0 Å². The molecule has 138 valence electrons. The number of likely N-dealkylation sites (tertiary alicyclic amines) is 1. The lowest BCUT2D eigenvalue weighted by molar-refractivity contribution is -0.117. The van der Waals surface area contributed by atoms with Crippen LogP contribution in [-0.4, -0.2) is 68.9 Å². The van der Waals surface area contributed by atoms with E-state index < -0.39 is 17.6 Å². The highest BCUT2D eigenvalue weighted by atomic mass is 16.3. The average Bonchev–Trinajstić information content (AvgIpc) is 2.65. The fourth-order valence-corrected chi connectivity index (χ4v) is 3.87. The van der Waals surface area contributed by atoms with Gasteiger partial charge in [0.15, 0.2) is 0 Å². The summed E-state index contributed by atoms with van der Waals surface area (Å²) < 4.78 is 0. The quantitative estimate of drug-likeness (QED) is 0.720. The maximum atomic E-state index is 12.0. The maximum Gasteiger partial charge on any atom is 0.271 e. The van der Waals surface area contributed by atoms with Gasteiger partial charge in [-0.25, -0.2) is 4.98 Å². The van der Waals surface area contributed by atoms with E-state index in [1.165, 1.54) is 50.7 Å². The molecule has 1 aliphatic carbocycles. The molecule has 7 nitrogen and oxygen atoms in total. The van der Waals surface area contributed by atoms with Crippen LogP contribution in [0.1, 0.15) is 49.0 Å². The van der Waals surface area contributed by atoms with E-state index in [9.17, 15) is 15.0 Å². The molecule has 1 saturated heterocycles. The Morgan fingerprint density at radius 3 is 2.80 bits per heavy atom. The molecule has 25 heavy (non-hydrogen) atoms. The van der Waals surface area contributed by atoms with E-state index in [0.717, 1.165) is 13.1 Å². The van der Waals surface area contributed by atoms with Crippen LogP contribution in [0, 0.1) is 5.92 Å². The van der Waals surface area contributed by atoms with Crippen molar-refractivity contribution in [1.29, 1.82) is 0 Å². The third-order valence-electron chi connectivity index (χ3n) is 5.50. The second kappa shape index (κ2) is 8.21. The number of rotatable bonds is 5. The molecule has 1 aliphatic heterocycles. The number of amides is 1. The zero-order valence-electron chi connectivity index (χ0n) is 14.6. The van der Waals surface area contributed by atoms with Crippen molar-refractivity contribution >= 4 is 5.91 Å². The molecule has 1 amide bonds. The fourth-order valence-electron chi connectivity index (χ4n) is 3.87. The smallest absolute Gasteiger partial charge is 0.271 e. The van der Waals surface area contributed by atoms with Crippen molar-refractivity contribution in [2.45, 2.75) is 50.2 Å². The molecule has 1 aromatic heterocycles. The van der Waals surface area contributed by atoms with Crippen molar-refractivity contribution in [3.05, 3.63) is 24.3 Å². The molecular weight excluding hydrogens is 320 g/mol. The Bertz CT molecular complexity index is 565. The van der Waals surface area contributed by atoms with Crippen LogP contribution in [0.2, 0.25) is 0 Å². The Morgan fingerprint density at radius 2 is 2.12 bits per heavy atom. The van der Waals surface area contributed by atoms with E-state index in [1.54, 1.807) is 0 Å². The SMILES string of the molecule is O=C(NC[C@]1(O)CCN(CC2CCCCC2)C[C@H]1O)c1cnccn1. The lowest BCUT2D eigenvalue weighted by Crippen LogP contribution is -2.60. The minimum atomic E-state index is -1.29. The summed E-state index contributed by atoms with van der Waals surface area (Å²) in [6, 6.07) is 0. The van der Waals surface area contributed by atoms with Gasteiger partial charge in [-0.1, -0.05) is 19.3 Å². The number of aromatic nitrogens is 2. The molecular formula is C18H28N4O3. The van der Waals surface area contributed by atoms with Crippen LogP contribution >= 0.6 is 0 Å². The van der Waals surface area contributed by atoms with Crippen molar-refractivity contribution < 1.29 is 15.0 Å². The summed E-state index contributed by atoms with van der Waals surface area (Å²) in [6.07, 6.45) is 10.4. The summed E-state index contributed by atoms with van der Waals surface area (Å²) in [5.74, 6) is 0.321. The van der Waals surface area contributed by atoms with Gasteiger partial charge in [-0.05, 0) is 25.2 Å². The number of β-amino-alcohol motifs (C(OH)–C–C–N with tert-alkyl or cyclic N) is 1. The molecule has 3 rings (SSSR count). The topological polar surface area (TPSA) is 98.6 Å². The second-order valence-corrected chi connectivity index (χ2v) is 7.41. The first kappa shape index (κ1) is 18.2. The Labute approximate surface area is 148 Å². The summed E-state index contributed by atoms with van der Waals surface area (Å²) in [5.41, 5.74) is -1.09. The van der Waals surface area contributed by atoms with Crippen molar-refractivity contribution in [3.63, 3.8) is 0 Å². The third-order valence-corrected chi connectivity index (χ3v) is 5.50. The predicted molar refractivity (Wildman–Crippen MR) is 93.0 cm³/mol. The molecule has 7 heteroatoms. The molecule has 2 aliphatic rings. The van der Waals surface area contributed by atoms with E-state index in [-0.39, 0.29) is 12.2 Å². The van der Waals surface area contributed by atoms with Gasteiger partial charge in [0.1, 0.15) is 11.3 Å². The van der Waals surface area contributed by atoms with Crippen LogP contribution in [0.4, 0.5) is 0 Å². The number of hydrogen-bond donors (Lipinski definition) is 3. The summed E-state index contributed by atoms with van der Waals surface area (Å²) in [4.78, 5) is 22.1. The largest absolute Gasteiger partial charge is 0.389 e. The maximum absolute atomic E-state index is 12.0. The van der Waals surface area contributed by atoms with Gasteiger partial charge in [-0.2, -0.15) is 0 Å². The molecule has 0 radical (unpaired) electrons. The van der Waals surface area contributed by atoms with E-state index >= 15 is 0 Å². The minimum Gasteiger partial charge on any atom is -0.389 e. The first-order valence-corrected chi connectivity index (χ1v) is 9.24. The summed E-state index contributed by atoms with van der Waals surface area (Å²) in [7, 11) is 0. The zero-order valence-corrected chi connectivity index (χ0v) is 14.6. The van der Waals surface area contributed by atoms with Crippen molar-refractivity contribution in [2.24, 2.45) is 5.92 Å². The molecule has 0 bridgehead atoms. The predicted octanol–water partition coefficient (Wildman–Crippen LogP) is 0.584.